The molecule has 0 aliphatic carbocycles. The van der Waals surface area contributed by atoms with Crippen molar-refractivity contribution >= 4 is 11.6 Å². The van der Waals surface area contributed by atoms with Crippen molar-refractivity contribution in [3.05, 3.63) is 0 Å². The minimum atomic E-state index is -3.34. The van der Waals surface area contributed by atoms with Gasteiger partial charge in [-0.3, -0.25) is 0 Å². The minimum Gasteiger partial charge on any atom is -0.386 e. The van der Waals surface area contributed by atoms with Crippen LogP contribution in [0.4, 0.5) is 0 Å². The molecule has 0 saturated heterocycles. The summed E-state index contributed by atoms with van der Waals surface area (Å²) in [4.78, 5) is 0. The number of halogens is 1. The fraction of sp³-hybridized carbons (Fsp3) is 1.00. The molecule has 1 atom stereocenters. The van der Waals surface area contributed by atoms with E-state index >= 15 is 0 Å². The Bertz CT molecular complexity index is 246. The van der Waals surface area contributed by atoms with Gasteiger partial charge in [-0.2, -0.15) is 0 Å². The summed E-state index contributed by atoms with van der Waals surface area (Å²) >= 11 is 5.30. The minimum absolute atomic E-state index is 0.456. The summed E-state index contributed by atoms with van der Waals surface area (Å²) in [6, 6.07) is 0. The van der Waals surface area contributed by atoms with E-state index in [0.29, 0.717) is 0 Å². The Balaban J connectivity index is 5.92. The zero-order valence-corrected chi connectivity index (χ0v) is 5.52. The first-order chi connectivity index (χ1) is 7.70. The lowest BCUT2D eigenvalue weighted by Crippen LogP contribution is -2.41. The first-order valence-electron chi connectivity index (χ1n) is 6.83. The molecular formula is C6H15ClNO+. The van der Waals surface area contributed by atoms with Crippen LogP contribution in [0.2, 0.25) is 0 Å². The van der Waals surface area contributed by atoms with Gasteiger partial charge in [-0.1, -0.05) is 0 Å². The van der Waals surface area contributed by atoms with Crippen LogP contribution in [0, 0.1) is 0 Å². The standard InChI is InChI=1S/C6H15ClNO/c1-8(2,3)5-6(9)4-7/h6,9H,4-5H2,1-3H3/q+1/i1D3,2D3,3D3. The highest BCUT2D eigenvalue weighted by molar-refractivity contribution is 6.18. The molecule has 56 valence electrons. The number of aliphatic hydroxyl groups is 1. The molecule has 0 aromatic carbocycles. The maximum Gasteiger partial charge on any atom is 0.116 e. The average Bonchev–Trinajstić information content (AvgIpc) is 2.07. The maximum atomic E-state index is 9.39. The lowest BCUT2D eigenvalue weighted by Gasteiger charge is -2.25. The Kier molecular flexibility index (Phi) is 0.791. The van der Waals surface area contributed by atoms with E-state index in [1.54, 1.807) is 0 Å². The molecule has 0 spiro atoms. The summed E-state index contributed by atoms with van der Waals surface area (Å²) < 4.78 is 63.1. The van der Waals surface area contributed by atoms with Crippen molar-refractivity contribution in [2.24, 2.45) is 0 Å². The number of rotatable bonds is 3. The average molecular weight is 162 g/mol. The Morgan fingerprint density at radius 2 is 2.22 bits per heavy atom. The van der Waals surface area contributed by atoms with E-state index in [1.165, 1.54) is 0 Å². The molecule has 0 aromatic rings. The summed E-state index contributed by atoms with van der Waals surface area (Å²) in [5.41, 5.74) is 0. The fourth-order valence-electron chi connectivity index (χ4n) is 0.365. The zero-order valence-electron chi connectivity index (χ0n) is 13.8. The highest BCUT2D eigenvalue weighted by atomic mass is 35.5. The number of hydrogen-bond acceptors (Lipinski definition) is 1. The molecule has 0 heterocycles. The van der Waals surface area contributed by atoms with Crippen molar-refractivity contribution < 1.29 is 21.9 Å². The van der Waals surface area contributed by atoms with Crippen molar-refractivity contribution in [1.82, 2.24) is 0 Å². The van der Waals surface area contributed by atoms with Crippen molar-refractivity contribution in [3.63, 3.8) is 0 Å². The SMILES string of the molecule is [2H]C([2H])([2H])[N+](CC(O)CCl)(C([2H])([2H])[2H])C([2H])([2H])[2H]. The Labute approximate surface area is 74.3 Å². The summed E-state index contributed by atoms with van der Waals surface area (Å²) in [5, 5.41) is 9.39. The van der Waals surface area contributed by atoms with Gasteiger partial charge in [0.15, 0.2) is 0 Å². The molecule has 9 heavy (non-hydrogen) atoms. The summed E-state index contributed by atoms with van der Waals surface area (Å²) in [5.74, 6) is -0.456. The molecule has 0 rings (SSSR count). The molecule has 0 bridgehead atoms. The first kappa shape index (κ1) is 2.10. The van der Waals surface area contributed by atoms with Crippen LogP contribution in [0.5, 0.6) is 0 Å². The van der Waals surface area contributed by atoms with Gasteiger partial charge >= 0.3 is 0 Å². The van der Waals surface area contributed by atoms with Crippen LogP contribution in [-0.4, -0.2) is 49.0 Å². The van der Waals surface area contributed by atoms with Gasteiger partial charge in [0.05, 0.1) is 39.1 Å². The third kappa shape index (κ3) is 6.09. The second kappa shape index (κ2) is 3.40. The third-order valence-corrected chi connectivity index (χ3v) is 1.02. The molecule has 1 unspecified atom stereocenters. The third-order valence-electron chi connectivity index (χ3n) is 0.663. The molecule has 1 N–H and O–H groups in total. The number of hydrogen-bond donors (Lipinski definition) is 1. The van der Waals surface area contributed by atoms with Crippen LogP contribution >= 0.6 is 11.6 Å². The van der Waals surface area contributed by atoms with Crippen LogP contribution in [0.1, 0.15) is 12.3 Å². The summed E-state index contributed by atoms with van der Waals surface area (Å²) in [6.07, 6.45) is -1.55. The topological polar surface area (TPSA) is 20.2 Å². The first-order valence-corrected chi connectivity index (χ1v) is 2.86. The predicted molar refractivity (Wildman–Crippen MR) is 39.6 cm³/mol. The number of quaternary nitrogens is 1. The number of likely N-dealkylation sites (N-methyl/N-ethyl adjacent to an activating group) is 1. The van der Waals surface area contributed by atoms with Crippen molar-refractivity contribution in [2.75, 3.05) is 33.4 Å². The van der Waals surface area contributed by atoms with E-state index in [2.05, 4.69) is 0 Å². The lowest BCUT2D eigenvalue weighted by molar-refractivity contribution is -0.873. The maximum absolute atomic E-state index is 9.39. The van der Waals surface area contributed by atoms with Crippen molar-refractivity contribution in [1.29, 1.82) is 0 Å². The number of nitrogens with zero attached hydrogens (tertiary/aromatic N) is 1. The number of aliphatic hydroxyl groups excluding tert-OH is 1. The Morgan fingerprint density at radius 1 is 1.67 bits per heavy atom. The molecule has 0 aliphatic rings. The van der Waals surface area contributed by atoms with E-state index in [4.69, 9.17) is 23.9 Å². The predicted octanol–water partition coefficient (Wildman–Crippen LogP) is 0.292. The van der Waals surface area contributed by atoms with Crippen LogP contribution in [0.15, 0.2) is 0 Å². The van der Waals surface area contributed by atoms with Gasteiger partial charge in [-0.15, -0.1) is 11.6 Å². The molecule has 3 heteroatoms. The quantitative estimate of drug-likeness (QED) is 0.466. The molecule has 0 fully saturated rings. The van der Waals surface area contributed by atoms with E-state index in [-0.39, 0.29) is 0 Å². The van der Waals surface area contributed by atoms with Gasteiger partial charge in [0.1, 0.15) is 12.6 Å². The molecule has 2 nitrogen and oxygen atoms in total. The van der Waals surface area contributed by atoms with Gasteiger partial charge in [0.2, 0.25) is 0 Å². The van der Waals surface area contributed by atoms with E-state index < -0.39 is 43.9 Å². The van der Waals surface area contributed by atoms with Crippen LogP contribution in [0.3, 0.4) is 0 Å². The molecule has 0 aliphatic heterocycles. The number of alkyl halides is 1. The van der Waals surface area contributed by atoms with Gasteiger partial charge in [-0.05, 0) is 0 Å². The van der Waals surface area contributed by atoms with Crippen molar-refractivity contribution in [2.45, 2.75) is 6.10 Å². The van der Waals surface area contributed by atoms with Crippen LogP contribution in [-0.2, 0) is 0 Å². The van der Waals surface area contributed by atoms with E-state index in [9.17, 15) is 5.11 Å². The van der Waals surface area contributed by atoms with Crippen molar-refractivity contribution in [3.8, 4) is 0 Å². The summed E-state index contributed by atoms with van der Waals surface area (Å²) in [7, 11) is 0. The lowest BCUT2D eigenvalue weighted by atomic mass is 10.3. The largest absolute Gasteiger partial charge is 0.386 e. The molecular weight excluding hydrogens is 138 g/mol. The normalized spacial score (nSPS) is 34.7. The molecule has 0 aromatic heterocycles. The Morgan fingerprint density at radius 3 is 2.56 bits per heavy atom. The highest BCUT2D eigenvalue weighted by Gasteiger charge is 2.13. The fourth-order valence-corrected chi connectivity index (χ4v) is 0.463. The van der Waals surface area contributed by atoms with E-state index in [0.717, 1.165) is 0 Å². The second-order valence-electron chi connectivity index (χ2n) is 1.80. The smallest absolute Gasteiger partial charge is 0.116 e. The summed E-state index contributed by atoms with van der Waals surface area (Å²) in [6.45, 7) is -11.0. The van der Waals surface area contributed by atoms with Gasteiger partial charge in [0, 0.05) is 0 Å². The van der Waals surface area contributed by atoms with Crippen LogP contribution < -0.4 is 0 Å². The second-order valence-corrected chi connectivity index (χ2v) is 2.11. The van der Waals surface area contributed by atoms with Crippen LogP contribution in [0.25, 0.3) is 0 Å². The monoisotopic (exact) mass is 161 g/mol. The molecule has 0 radical (unpaired) electrons. The molecule has 0 saturated carbocycles. The highest BCUT2D eigenvalue weighted by Crippen LogP contribution is 1.95. The Hall–Kier alpha value is 0.210. The van der Waals surface area contributed by atoms with Gasteiger partial charge in [-0.25, -0.2) is 0 Å². The molecule has 0 amide bonds. The zero-order chi connectivity index (χ0) is 15.0. The van der Waals surface area contributed by atoms with Gasteiger partial charge < -0.3 is 9.59 Å². The van der Waals surface area contributed by atoms with E-state index in [1.807, 2.05) is 0 Å². The van der Waals surface area contributed by atoms with Gasteiger partial charge in [0.25, 0.3) is 0 Å².